The van der Waals surface area contributed by atoms with Gasteiger partial charge in [-0.2, -0.15) is 5.10 Å². The Bertz CT molecular complexity index is 531. The average Bonchev–Trinajstić information content (AvgIpc) is 2.93. The van der Waals surface area contributed by atoms with Crippen LogP contribution in [0, 0.1) is 5.92 Å². The zero-order valence-electron chi connectivity index (χ0n) is 8.92. The van der Waals surface area contributed by atoms with E-state index in [1.165, 1.54) is 6.20 Å². The second kappa shape index (κ2) is 4.24. The molecule has 0 radical (unpaired) electrons. The van der Waals surface area contributed by atoms with Crippen molar-refractivity contribution >= 4 is 21.7 Å². The van der Waals surface area contributed by atoms with E-state index in [1.54, 1.807) is 0 Å². The lowest BCUT2D eigenvalue weighted by atomic mass is 10.3. The van der Waals surface area contributed by atoms with Gasteiger partial charge in [-0.1, -0.05) is 5.16 Å². The van der Waals surface area contributed by atoms with Crippen LogP contribution in [0.15, 0.2) is 11.4 Å². The van der Waals surface area contributed by atoms with Crippen LogP contribution in [0.3, 0.4) is 0 Å². The van der Waals surface area contributed by atoms with E-state index in [0.717, 1.165) is 12.8 Å². The number of nitrogens with zero attached hydrogens (tertiary/aromatic N) is 2. The Hall–Kier alpha value is -1.77. The van der Waals surface area contributed by atoms with Gasteiger partial charge in [-0.25, -0.2) is 8.42 Å². The van der Waals surface area contributed by atoms with Gasteiger partial charge in [0, 0.05) is 0 Å². The molecule has 1 aliphatic rings. The molecule has 0 aromatic carbocycles. The summed E-state index contributed by atoms with van der Waals surface area (Å²) >= 11 is 0. The van der Waals surface area contributed by atoms with E-state index in [-0.39, 0.29) is 28.9 Å². The summed E-state index contributed by atoms with van der Waals surface area (Å²) in [4.78, 5) is 0. The van der Waals surface area contributed by atoms with Crippen molar-refractivity contribution in [3.63, 3.8) is 0 Å². The third kappa shape index (κ3) is 2.87. The molecule has 8 nitrogen and oxygen atoms in total. The summed E-state index contributed by atoms with van der Waals surface area (Å²) < 4.78 is 25.8. The van der Waals surface area contributed by atoms with Gasteiger partial charge in [0.1, 0.15) is 5.82 Å². The van der Waals surface area contributed by atoms with Gasteiger partial charge in [0.2, 0.25) is 10.0 Å². The molecule has 1 fully saturated rings. The predicted octanol–water partition coefficient (Wildman–Crippen LogP) is -0.344. The molecule has 0 amide bonds. The first-order valence-electron chi connectivity index (χ1n) is 5.03. The van der Waals surface area contributed by atoms with Crippen LogP contribution >= 0.6 is 0 Å². The first-order valence-corrected chi connectivity index (χ1v) is 6.69. The lowest BCUT2D eigenvalue weighted by molar-refractivity contribution is 0.318. The number of sulfonamides is 1. The van der Waals surface area contributed by atoms with E-state index in [1.807, 2.05) is 0 Å². The highest BCUT2D eigenvalue weighted by molar-refractivity contribution is 7.92. The van der Waals surface area contributed by atoms with E-state index in [4.69, 9.17) is 10.9 Å². The number of aromatic amines is 1. The van der Waals surface area contributed by atoms with Gasteiger partial charge < -0.3 is 10.9 Å². The molecule has 1 aliphatic carbocycles. The highest BCUT2D eigenvalue weighted by atomic mass is 32.2. The standard InChI is InChI=1S/C8H13N5O3S/c9-7(12-14)6-3-10-11-8(6)13-17(15,16)4-5-1-2-5/h3,5,14H,1-2,4H2,(H2,9,12)(H2,10,11,13). The predicted molar refractivity (Wildman–Crippen MR) is 61.2 cm³/mol. The fourth-order valence-corrected chi connectivity index (χ4v) is 2.91. The van der Waals surface area contributed by atoms with E-state index >= 15 is 0 Å². The SMILES string of the molecule is NC(=NO)c1cn[nH]c1NS(=O)(=O)CC1CC1. The number of hydrogen-bond donors (Lipinski definition) is 4. The molecule has 0 saturated heterocycles. The Kier molecular flexibility index (Phi) is 2.92. The first-order chi connectivity index (χ1) is 8.02. The van der Waals surface area contributed by atoms with Crippen molar-refractivity contribution in [3.8, 4) is 0 Å². The highest BCUT2D eigenvalue weighted by Gasteiger charge is 2.28. The van der Waals surface area contributed by atoms with E-state index in [2.05, 4.69) is 20.1 Å². The molecular weight excluding hydrogens is 246 g/mol. The van der Waals surface area contributed by atoms with Crippen molar-refractivity contribution in [2.24, 2.45) is 16.8 Å². The van der Waals surface area contributed by atoms with Gasteiger partial charge in [0.05, 0.1) is 17.5 Å². The van der Waals surface area contributed by atoms with Crippen LogP contribution in [0.1, 0.15) is 18.4 Å². The number of hydrogen-bond acceptors (Lipinski definition) is 5. The molecule has 17 heavy (non-hydrogen) atoms. The Morgan fingerprint density at radius 2 is 2.41 bits per heavy atom. The molecule has 0 unspecified atom stereocenters. The van der Waals surface area contributed by atoms with Gasteiger partial charge in [-0.3, -0.25) is 9.82 Å². The molecule has 1 heterocycles. The van der Waals surface area contributed by atoms with Gasteiger partial charge in [0.15, 0.2) is 5.84 Å². The minimum Gasteiger partial charge on any atom is -0.409 e. The molecule has 1 aromatic rings. The van der Waals surface area contributed by atoms with Crippen LogP contribution in [-0.4, -0.2) is 35.4 Å². The van der Waals surface area contributed by atoms with Crippen molar-refractivity contribution in [2.45, 2.75) is 12.8 Å². The van der Waals surface area contributed by atoms with Gasteiger partial charge >= 0.3 is 0 Å². The zero-order chi connectivity index (χ0) is 12.5. The number of rotatable bonds is 5. The Balaban J connectivity index is 2.15. The third-order valence-corrected chi connectivity index (χ3v) is 3.86. The van der Waals surface area contributed by atoms with Crippen molar-refractivity contribution in [3.05, 3.63) is 11.8 Å². The first kappa shape index (κ1) is 11.7. The minimum absolute atomic E-state index is 0.0850. The number of aromatic nitrogens is 2. The average molecular weight is 259 g/mol. The zero-order valence-corrected chi connectivity index (χ0v) is 9.74. The summed E-state index contributed by atoms with van der Waals surface area (Å²) in [7, 11) is -3.42. The number of anilines is 1. The van der Waals surface area contributed by atoms with Crippen molar-refractivity contribution in [2.75, 3.05) is 10.5 Å². The quantitative estimate of drug-likeness (QED) is 0.248. The van der Waals surface area contributed by atoms with Gasteiger partial charge in [0.25, 0.3) is 0 Å². The highest BCUT2D eigenvalue weighted by Crippen LogP contribution is 2.30. The van der Waals surface area contributed by atoms with Crippen molar-refractivity contribution in [1.29, 1.82) is 0 Å². The summed E-state index contributed by atoms with van der Waals surface area (Å²) in [6.07, 6.45) is 3.16. The van der Waals surface area contributed by atoms with Crippen molar-refractivity contribution < 1.29 is 13.6 Å². The molecule has 2 rings (SSSR count). The molecular formula is C8H13N5O3S. The molecule has 0 spiro atoms. The fraction of sp³-hybridized carbons (Fsp3) is 0.500. The summed E-state index contributed by atoms with van der Waals surface area (Å²) in [6.45, 7) is 0. The minimum atomic E-state index is -3.42. The molecule has 0 atom stereocenters. The molecule has 1 saturated carbocycles. The van der Waals surface area contributed by atoms with E-state index < -0.39 is 10.0 Å². The monoisotopic (exact) mass is 259 g/mol. The maximum atomic E-state index is 11.7. The summed E-state index contributed by atoms with van der Waals surface area (Å²) in [5, 5.41) is 17.4. The largest absolute Gasteiger partial charge is 0.409 e. The van der Waals surface area contributed by atoms with Crippen LogP contribution in [0.4, 0.5) is 5.82 Å². The summed E-state index contributed by atoms with van der Waals surface area (Å²) in [5.41, 5.74) is 5.59. The number of nitrogens with two attached hydrogens (primary N) is 1. The van der Waals surface area contributed by atoms with Crippen LogP contribution in [0.2, 0.25) is 0 Å². The smallest absolute Gasteiger partial charge is 0.234 e. The van der Waals surface area contributed by atoms with Gasteiger partial charge in [-0.15, -0.1) is 0 Å². The molecule has 0 aliphatic heterocycles. The van der Waals surface area contributed by atoms with Gasteiger partial charge in [-0.05, 0) is 18.8 Å². The summed E-state index contributed by atoms with van der Waals surface area (Å²) in [6, 6.07) is 0. The van der Waals surface area contributed by atoms with Crippen LogP contribution in [0.5, 0.6) is 0 Å². The number of amidine groups is 1. The lowest BCUT2D eigenvalue weighted by Gasteiger charge is -2.06. The molecule has 9 heteroatoms. The van der Waals surface area contributed by atoms with E-state index in [9.17, 15) is 8.42 Å². The molecule has 1 aromatic heterocycles. The third-order valence-electron chi connectivity index (χ3n) is 2.43. The molecule has 0 bridgehead atoms. The maximum absolute atomic E-state index is 11.7. The van der Waals surface area contributed by atoms with Crippen molar-refractivity contribution in [1.82, 2.24) is 10.2 Å². The van der Waals surface area contributed by atoms with Crippen LogP contribution < -0.4 is 10.5 Å². The fourth-order valence-electron chi connectivity index (χ4n) is 1.40. The maximum Gasteiger partial charge on any atom is 0.234 e. The lowest BCUT2D eigenvalue weighted by Crippen LogP contribution is -2.21. The molecule has 94 valence electrons. The summed E-state index contributed by atoms with van der Waals surface area (Å²) in [5.74, 6) is 0.230. The topological polar surface area (TPSA) is 133 Å². The Labute approximate surface area is 97.9 Å². The Morgan fingerprint density at radius 3 is 3.00 bits per heavy atom. The number of oxime groups is 1. The Morgan fingerprint density at radius 1 is 1.71 bits per heavy atom. The molecule has 5 N–H and O–H groups in total. The second-order valence-electron chi connectivity index (χ2n) is 3.97. The number of H-pyrrole nitrogens is 1. The number of nitrogens with one attached hydrogen (secondary N) is 2. The van der Waals surface area contributed by atoms with Crippen LogP contribution in [-0.2, 0) is 10.0 Å². The van der Waals surface area contributed by atoms with Crippen LogP contribution in [0.25, 0.3) is 0 Å². The van der Waals surface area contributed by atoms with E-state index in [0.29, 0.717) is 0 Å². The normalized spacial score (nSPS) is 17.1. The second-order valence-corrected chi connectivity index (χ2v) is 5.74.